The number of nitrogens with zero attached hydrogens (tertiary/aromatic N) is 3. The SMILES string of the molecule is COc1ccc2nccc([C@@H](F)CC[C@@H]3CCN(CC#Cc4ccncc4)C[C@@H]3CO)c2c1. The van der Waals surface area contributed by atoms with Crippen LogP contribution in [0.25, 0.3) is 10.9 Å². The molecule has 0 spiro atoms. The number of aliphatic hydroxyl groups is 1. The van der Waals surface area contributed by atoms with E-state index in [1.165, 1.54) is 0 Å². The van der Waals surface area contributed by atoms with Crippen molar-refractivity contribution in [2.45, 2.75) is 25.4 Å². The number of likely N-dealkylation sites (tertiary alicyclic amines) is 1. The summed E-state index contributed by atoms with van der Waals surface area (Å²) in [6.07, 6.45) is 6.18. The number of aliphatic hydroxyl groups excluding tert-OH is 1. The summed E-state index contributed by atoms with van der Waals surface area (Å²) in [5.74, 6) is 7.52. The largest absolute Gasteiger partial charge is 0.497 e. The molecule has 0 bridgehead atoms. The molecule has 1 aromatic carbocycles. The maximum atomic E-state index is 15.3. The van der Waals surface area contributed by atoms with Crippen LogP contribution in [0.5, 0.6) is 5.75 Å². The van der Waals surface area contributed by atoms with Crippen LogP contribution in [0.1, 0.15) is 36.6 Å². The normalized spacial score (nSPS) is 19.6. The van der Waals surface area contributed by atoms with Gasteiger partial charge in [0, 0.05) is 42.7 Å². The molecule has 1 aliphatic rings. The van der Waals surface area contributed by atoms with Crippen LogP contribution in [0.2, 0.25) is 0 Å². The molecule has 33 heavy (non-hydrogen) atoms. The van der Waals surface area contributed by atoms with Crippen molar-refractivity contribution < 1.29 is 14.2 Å². The molecule has 1 N–H and O–H groups in total. The van der Waals surface area contributed by atoms with E-state index in [2.05, 4.69) is 26.7 Å². The third-order valence-corrected chi connectivity index (χ3v) is 6.54. The van der Waals surface area contributed by atoms with Crippen molar-refractivity contribution in [3.8, 4) is 17.6 Å². The van der Waals surface area contributed by atoms with Crippen LogP contribution in [-0.2, 0) is 0 Å². The molecule has 2 aromatic heterocycles. The Morgan fingerprint density at radius 2 is 2.03 bits per heavy atom. The third kappa shape index (κ3) is 5.87. The van der Waals surface area contributed by atoms with Crippen molar-refractivity contribution in [1.82, 2.24) is 14.9 Å². The Hall–Kier alpha value is -3.01. The van der Waals surface area contributed by atoms with E-state index in [4.69, 9.17) is 4.74 Å². The number of ether oxygens (including phenoxy) is 1. The van der Waals surface area contributed by atoms with Gasteiger partial charge in [-0.3, -0.25) is 14.9 Å². The van der Waals surface area contributed by atoms with E-state index in [-0.39, 0.29) is 12.5 Å². The standard InChI is InChI=1S/C27H30FN3O2/c1-33-23-5-7-27-25(17-23)24(10-14-30-27)26(28)6-4-21-11-16-31(18-22(21)19-32)15-2-3-20-8-12-29-13-9-20/h5,7-10,12-14,17,21-22,26,32H,4,6,11,15-16,18-19H2,1H3/t21-,22-,26+/m1/s1. The number of halogens is 1. The Kier molecular flexibility index (Phi) is 7.87. The van der Waals surface area contributed by atoms with Gasteiger partial charge in [-0.15, -0.1) is 0 Å². The number of fused-ring (bicyclic) bond motifs is 1. The first-order valence-electron chi connectivity index (χ1n) is 11.5. The molecule has 1 saturated heterocycles. The fourth-order valence-electron chi connectivity index (χ4n) is 4.64. The monoisotopic (exact) mass is 447 g/mol. The summed E-state index contributed by atoms with van der Waals surface area (Å²) in [4.78, 5) is 10.6. The fourth-order valence-corrected chi connectivity index (χ4v) is 4.64. The van der Waals surface area contributed by atoms with Crippen molar-refractivity contribution in [1.29, 1.82) is 0 Å². The molecular formula is C27H30FN3O2. The summed E-state index contributed by atoms with van der Waals surface area (Å²) in [6.45, 7) is 2.49. The van der Waals surface area contributed by atoms with Gasteiger partial charge in [-0.2, -0.15) is 0 Å². The van der Waals surface area contributed by atoms with E-state index in [0.29, 0.717) is 30.2 Å². The molecule has 1 aliphatic heterocycles. The highest BCUT2D eigenvalue weighted by molar-refractivity contribution is 5.83. The summed E-state index contributed by atoms with van der Waals surface area (Å²) in [7, 11) is 1.61. The molecule has 0 saturated carbocycles. The number of pyridine rings is 2. The van der Waals surface area contributed by atoms with Gasteiger partial charge in [0.2, 0.25) is 0 Å². The molecule has 4 rings (SSSR count). The lowest BCUT2D eigenvalue weighted by atomic mass is 9.81. The topological polar surface area (TPSA) is 58.5 Å². The molecule has 6 heteroatoms. The zero-order chi connectivity index (χ0) is 23.0. The van der Waals surface area contributed by atoms with E-state index in [1.54, 1.807) is 31.8 Å². The minimum absolute atomic E-state index is 0.116. The number of aromatic nitrogens is 2. The quantitative estimate of drug-likeness (QED) is 0.544. The molecule has 0 radical (unpaired) electrons. The Bertz CT molecular complexity index is 1110. The van der Waals surface area contributed by atoms with Gasteiger partial charge in [0.1, 0.15) is 11.9 Å². The van der Waals surface area contributed by atoms with E-state index in [9.17, 15) is 5.11 Å². The number of hydrogen-bond acceptors (Lipinski definition) is 5. The van der Waals surface area contributed by atoms with Crippen molar-refractivity contribution >= 4 is 10.9 Å². The van der Waals surface area contributed by atoms with Gasteiger partial charge in [-0.25, -0.2) is 4.39 Å². The van der Waals surface area contributed by atoms with Gasteiger partial charge in [0.05, 0.1) is 19.2 Å². The first-order chi connectivity index (χ1) is 16.2. The zero-order valence-corrected chi connectivity index (χ0v) is 19.0. The fraction of sp³-hybridized carbons (Fsp3) is 0.407. The number of piperidine rings is 1. The van der Waals surface area contributed by atoms with Crippen LogP contribution in [-0.4, -0.2) is 53.3 Å². The van der Waals surface area contributed by atoms with Gasteiger partial charge in [-0.1, -0.05) is 11.8 Å². The average Bonchev–Trinajstić information content (AvgIpc) is 2.87. The minimum atomic E-state index is -1.08. The van der Waals surface area contributed by atoms with E-state index >= 15 is 4.39 Å². The highest BCUT2D eigenvalue weighted by Crippen LogP contribution is 2.35. The Morgan fingerprint density at radius 1 is 1.18 bits per heavy atom. The lowest BCUT2D eigenvalue weighted by Crippen LogP contribution is -2.42. The Morgan fingerprint density at radius 3 is 2.82 bits per heavy atom. The molecule has 172 valence electrons. The third-order valence-electron chi connectivity index (χ3n) is 6.54. The summed E-state index contributed by atoms with van der Waals surface area (Å²) in [5, 5.41) is 10.8. The number of alkyl halides is 1. The molecule has 5 nitrogen and oxygen atoms in total. The molecule has 1 fully saturated rings. The summed E-state index contributed by atoms with van der Waals surface area (Å²) in [5.41, 5.74) is 2.38. The average molecular weight is 448 g/mol. The van der Waals surface area contributed by atoms with E-state index in [0.717, 1.165) is 42.4 Å². The van der Waals surface area contributed by atoms with Crippen LogP contribution >= 0.6 is 0 Å². The molecule has 0 unspecified atom stereocenters. The first-order valence-corrected chi connectivity index (χ1v) is 11.5. The van der Waals surface area contributed by atoms with Crippen molar-refractivity contribution in [3.05, 3.63) is 66.1 Å². The molecular weight excluding hydrogens is 417 g/mol. The molecule has 3 heterocycles. The highest BCUT2D eigenvalue weighted by Gasteiger charge is 2.29. The maximum Gasteiger partial charge on any atom is 0.126 e. The number of benzene rings is 1. The number of hydrogen-bond donors (Lipinski definition) is 1. The summed E-state index contributed by atoms with van der Waals surface area (Å²) in [6, 6.07) is 11.1. The predicted molar refractivity (Wildman–Crippen MR) is 128 cm³/mol. The van der Waals surface area contributed by atoms with Crippen molar-refractivity contribution in [2.75, 3.05) is 33.4 Å². The number of rotatable bonds is 7. The van der Waals surface area contributed by atoms with Gasteiger partial charge in [-0.05, 0) is 79.6 Å². The minimum Gasteiger partial charge on any atom is -0.497 e. The van der Waals surface area contributed by atoms with Crippen LogP contribution in [0.3, 0.4) is 0 Å². The van der Waals surface area contributed by atoms with E-state index in [1.807, 2.05) is 30.3 Å². The zero-order valence-electron chi connectivity index (χ0n) is 19.0. The summed E-state index contributed by atoms with van der Waals surface area (Å²) < 4.78 is 20.6. The van der Waals surface area contributed by atoms with Gasteiger partial charge in [0.25, 0.3) is 0 Å². The molecule has 3 aromatic rings. The molecule has 0 aliphatic carbocycles. The van der Waals surface area contributed by atoms with Gasteiger partial charge in [0.15, 0.2) is 0 Å². The second kappa shape index (κ2) is 11.2. The van der Waals surface area contributed by atoms with Gasteiger partial charge >= 0.3 is 0 Å². The molecule has 3 atom stereocenters. The van der Waals surface area contributed by atoms with Crippen LogP contribution in [0.15, 0.2) is 55.0 Å². The second-order valence-corrected chi connectivity index (χ2v) is 8.59. The highest BCUT2D eigenvalue weighted by atomic mass is 19.1. The van der Waals surface area contributed by atoms with E-state index < -0.39 is 6.17 Å². The molecule has 0 amide bonds. The second-order valence-electron chi connectivity index (χ2n) is 8.59. The van der Waals surface area contributed by atoms with Crippen LogP contribution < -0.4 is 4.74 Å². The predicted octanol–water partition coefficient (Wildman–Crippen LogP) is 4.41. The lowest BCUT2D eigenvalue weighted by Gasteiger charge is -2.37. The van der Waals surface area contributed by atoms with Crippen LogP contribution in [0, 0.1) is 23.7 Å². The smallest absolute Gasteiger partial charge is 0.126 e. The first kappa shape index (κ1) is 23.2. The van der Waals surface area contributed by atoms with Crippen LogP contribution in [0.4, 0.5) is 4.39 Å². The Labute approximate surface area is 194 Å². The number of methoxy groups -OCH3 is 1. The lowest BCUT2D eigenvalue weighted by molar-refractivity contribution is 0.0708. The van der Waals surface area contributed by atoms with Crippen molar-refractivity contribution in [2.24, 2.45) is 11.8 Å². The van der Waals surface area contributed by atoms with Crippen molar-refractivity contribution in [3.63, 3.8) is 0 Å². The Balaban J connectivity index is 1.34. The summed E-state index contributed by atoms with van der Waals surface area (Å²) >= 11 is 0. The van der Waals surface area contributed by atoms with Gasteiger partial charge < -0.3 is 9.84 Å². The maximum absolute atomic E-state index is 15.3.